The number of nitrogens with one attached hydrogen (secondary N) is 1. The van der Waals surface area contributed by atoms with E-state index in [1.54, 1.807) is 30.3 Å². The van der Waals surface area contributed by atoms with Gasteiger partial charge in [0, 0.05) is 37.5 Å². The molecule has 8 heteroatoms. The lowest BCUT2D eigenvalue weighted by Crippen LogP contribution is -2.40. The van der Waals surface area contributed by atoms with E-state index in [0.717, 1.165) is 31.5 Å². The number of hydrogen-bond donors (Lipinski definition) is 1. The Morgan fingerprint density at radius 2 is 1.52 bits per heavy atom. The average Bonchev–Trinajstić information content (AvgIpc) is 3.39. The van der Waals surface area contributed by atoms with Gasteiger partial charge in [0.15, 0.2) is 0 Å². The minimum Gasteiger partial charge on any atom is -0.339 e. The summed E-state index contributed by atoms with van der Waals surface area (Å²) >= 11 is 0. The van der Waals surface area contributed by atoms with Gasteiger partial charge in [0.2, 0.25) is 15.9 Å². The summed E-state index contributed by atoms with van der Waals surface area (Å²) in [6, 6.07) is 16.3. The molecule has 33 heavy (non-hydrogen) atoms. The van der Waals surface area contributed by atoms with Crippen LogP contribution >= 0.6 is 0 Å². The first-order valence-corrected chi connectivity index (χ1v) is 12.9. The molecule has 1 N–H and O–H groups in total. The van der Waals surface area contributed by atoms with E-state index in [-0.39, 0.29) is 30.8 Å². The van der Waals surface area contributed by atoms with Crippen LogP contribution in [0, 0.1) is 5.92 Å². The van der Waals surface area contributed by atoms with E-state index < -0.39 is 10.0 Å². The Bertz CT molecular complexity index is 1120. The summed E-state index contributed by atoms with van der Waals surface area (Å²) in [5, 5.41) is 4.14. The zero-order valence-electron chi connectivity index (χ0n) is 18.5. The molecule has 7 nitrogen and oxygen atoms in total. The highest BCUT2D eigenvalue weighted by molar-refractivity contribution is 7.92. The van der Waals surface area contributed by atoms with Gasteiger partial charge < -0.3 is 10.2 Å². The fourth-order valence-corrected chi connectivity index (χ4v) is 5.51. The van der Waals surface area contributed by atoms with Crippen LogP contribution in [0.15, 0.2) is 60.0 Å². The van der Waals surface area contributed by atoms with Gasteiger partial charge in [-0.1, -0.05) is 42.5 Å². The van der Waals surface area contributed by atoms with Gasteiger partial charge >= 0.3 is 0 Å². The molecule has 2 aliphatic heterocycles. The van der Waals surface area contributed by atoms with Crippen molar-refractivity contribution in [3.63, 3.8) is 0 Å². The van der Waals surface area contributed by atoms with Crippen LogP contribution in [0.5, 0.6) is 0 Å². The van der Waals surface area contributed by atoms with Crippen LogP contribution in [-0.4, -0.2) is 55.6 Å². The Morgan fingerprint density at radius 3 is 2.21 bits per heavy atom. The molecular weight excluding hydrogens is 438 g/mol. The maximum atomic E-state index is 12.9. The molecular formula is C25H29N3O4S. The Balaban J connectivity index is 1.35. The van der Waals surface area contributed by atoms with E-state index in [4.69, 9.17) is 0 Å². The molecule has 2 amide bonds. The molecule has 2 fully saturated rings. The summed E-state index contributed by atoms with van der Waals surface area (Å²) in [6.07, 6.45) is 4.46. The standard InChI is InChI=1S/C25H29N3O4S/c29-24(26-23-11-5-4-10-22(23)25(30)27-15-6-7-16-27)21-12-17-28(18-13-21)33(31,32)19-14-20-8-2-1-3-9-20/h1-5,8-11,14,19,21H,6-7,12-13,15-18H2,(H,26,29)/b19-14+. The number of para-hydroxylation sites is 1. The minimum absolute atomic E-state index is 0.0606. The van der Waals surface area contributed by atoms with Crippen molar-refractivity contribution in [2.75, 3.05) is 31.5 Å². The third kappa shape index (κ3) is 5.69. The number of carbonyl (C=O) groups excluding carboxylic acids is 2. The molecule has 2 heterocycles. The third-order valence-electron chi connectivity index (χ3n) is 6.23. The lowest BCUT2D eigenvalue weighted by Gasteiger charge is -2.29. The van der Waals surface area contributed by atoms with E-state index in [1.807, 2.05) is 35.2 Å². The van der Waals surface area contributed by atoms with Gasteiger partial charge in [0.25, 0.3) is 5.91 Å². The third-order valence-corrected chi connectivity index (χ3v) is 7.79. The number of likely N-dealkylation sites (tertiary alicyclic amines) is 1. The maximum absolute atomic E-state index is 12.9. The highest BCUT2D eigenvalue weighted by atomic mass is 32.2. The predicted molar refractivity (Wildman–Crippen MR) is 129 cm³/mol. The van der Waals surface area contributed by atoms with Crippen LogP contribution in [0.4, 0.5) is 5.69 Å². The summed E-state index contributed by atoms with van der Waals surface area (Å²) in [5.74, 6) is -0.535. The number of piperidine rings is 1. The summed E-state index contributed by atoms with van der Waals surface area (Å²) in [7, 11) is -3.55. The number of rotatable bonds is 6. The van der Waals surface area contributed by atoms with Crippen LogP contribution in [0.3, 0.4) is 0 Å². The number of anilines is 1. The zero-order chi connectivity index (χ0) is 23.3. The first-order chi connectivity index (χ1) is 15.9. The van der Waals surface area contributed by atoms with E-state index in [9.17, 15) is 18.0 Å². The van der Waals surface area contributed by atoms with E-state index in [0.29, 0.717) is 24.1 Å². The van der Waals surface area contributed by atoms with Crippen LogP contribution < -0.4 is 5.32 Å². The maximum Gasteiger partial charge on any atom is 0.255 e. The van der Waals surface area contributed by atoms with Gasteiger partial charge in [-0.05, 0) is 49.5 Å². The summed E-state index contributed by atoms with van der Waals surface area (Å²) < 4.78 is 26.8. The molecule has 0 spiro atoms. The molecule has 0 aliphatic carbocycles. The normalized spacial score (nSPS) is 18.0. The fourth-order valence-electron chi connectivity index (χ4n) is 4.29. The summed E-state index contributed by atoms with van der Waals surface area (Å²) in [5.41, 5.74) is 1.83. The van der Waals surface area contributed by atoms with Crippen LogP contribution in [-0.2, 0) is 14.8 Å². The summed E-state index contributed by atoms with van der Waals surface area (Å²) in [6.45, 7) is 2.06. The Labute approximate surface area is 195 Å². The van der Waals surface area contributed by atoms with Crippen molar-refractivity contribution < 1.29 is 18.0 Å². The minimum atomic E-state index is -3.55. The quantitative estimate of drug-likeness (QED) is 0.704. The van der Waals surface area contributed by atoms with Gasteiger partial charge in [0.05, 0.1) is 11.3 Å². The van der Waals surface area contributed by atoms with Crippen LogP contribution in [0.1, 0.15) is 41.6 Å². The van der Waals surface area contributed by atoms with Crippen LogP contribution in [0.2, 0.25) is 0 Å². The van der Waals surface area contributed by atoms with E-state index in [2.05, 4.69) is 5.32 Å². The molecule has 2 saturated heterocycles. The number of benzene rings is 2. The second-order valence-corrected chi connectivity index (χ2v) is 10.3. The predicted octanol–water partition coefficient (Wildman–Crippen LogP) is 3.57. The van der Waals surface area contributed by atoms with Gasteiger partial charge in [-0.3, -0.25) is 9.59 Å². The van der Waals surface area contributed by atoms with Crippen molar-refractivity contribution in [2.24, 2.45) is 5.92 Å². The lowest BCUT2D eigenvalue weighted by molar-refractivity contribution is -0.120. The SMILES string of the molecule is O=C(Nc1ccccc1C(=O)N1CCCC1)C1CCN(S(=O)(=O)/C=C/c2ccccc2)CC1. The smallest absolute Gasteiger partial charge is 0.255 e. The molecule has 2 aromatic rings. The van der Waals surface area contributed by atoms with Crippen LogP contribution in [0.25, 0.3) is 6.08 Å². The van der Waals surface area contributed by atoms with Crippen molar-refractivity contribution in [3.05, 3.63) is 71.1 Å². The second-order valence-electron chi connectivity index (χ2n) is 8.47. The topological polar surface area (TPSA) is 86.8 Å². The highest BCUT2D eigenvalue weighted by Crippen LogP contribution is 2.25. The monoisotopic (exact) mass is 467 g/mol. The van der Waals surface area contributed by atoms with E-state index >= 15 is 0 Å². The number of nitrogens with zero attached hydrogens (tertiary/aromatic N) is 2. The molecule has 0 unspecified atom stereocenters. The zero-order valence-corrected chi connectivity index (χ0v) is 19.3. The van der Waals surface area contributed by atoms with Crippen molar-refractivity contribution in [3.8, 4) is 0 Å². The highest BCUT2D eigenvalue weighted by Gasteiger charge is 2.31. The van der Waals surface area contributed by atoms with Gasteiger partial charge in [-0.15, -0.1) is 0 Å². The van der Waals surface area contributed by atoms with Crippen molar-refractivity contribution in [2.45, 2.75) is 25.7 Å². The second kappa shape index (κ2) is 10.3. The van der Waals surface area contributed by atoms with E-state index in [1.165, 1.54) is 9.71 Å². The fraction of sp³-hybridized carbons (Fsp3) is 0.360. The number of carbonyl (C=O) groups is 2. The molecule has 0 aromatic heterocycles. The molecule has 4 rings (SSSR count). The lowest BCUT2D eigenvalue weighted by atomic mass is 9.97. The molecule has 0 saturated carbocycles. The van der Waals surface area contributed by atoms with Crippen molar-refractivity contribution in [1.29, 1.82) is 0 Å². The first kappa shape index (κ1) is 23.2. The molecule has 0 atom stereocenters. The van der Waals surface area contributed by atoms with Gasteiger partial charge in [-0.25, -0.2) is 8.42 Å². The molecule has 0 bridgehead atoms. The molecule has 2 aliphatic rings. The Hall–Kier alpha value is -2.97. The molecule has 2 aromatic carbocycles. The van der Waals surface area contributed by atoms with Crippen molar-refractivity contribution >= 4 is 33.6 Å². The summed E-state index contributed by atoms with van der Waals surface area (Å²) in [4.78, 5) is 27.6. The molecule has 0 radical (unpaired) electrons. The Kier molecular flexibility index (Phi) is 7.25. The first-order valence-electron chi connectivity index (χ1n) is 11.4. The van der Waals surface area contributed by atoms with Crippen molar-refractivity contribution in [1.82, 2.24) is 9.21 Å². The number of sulfonamides is 1. The number of hydrogen-bond acceptors (Lipinski definition) is 4. The largest absolute Gasteiger partial charge is 0.339 e. The average molecular weight is 468 g/mol. The van der Waals surface area contributed by atoms with Gasteiger partial charge in [0.1, 0.15) is 0 Å². The van der Waals surface area contributed by atoms with Gasteiger partial charge in [-0.2, -0.15) is 4.31 Å². The molecule has 174 valence electrons. The number of amides is 2. The Morgan fingerprint density at radius 1 is 0.879 bits per heavy atom.